The van der Waals surface area contributed by atoms with Crippen molar-refractivity contribution in [2.24, 2.45) is 22.2 Å². The molecule has 2 atom stereocenters. The number of hydrogen-bond acceptors (Lipinski definition) is 7. The molecule has 0 aromatic heterocycles. The lowest BCUT2D eigenvalue weighted by atomic mass is 9.40. The molecular weight excluding hydrogens is 713 g/mol. The molecule has 0 saturated heterocycles. The van der Waals surface area contributed by atoms with Gasteiger partial charge in [0, 0.05) is 22.7 Å². The Bertz CT molecular complexity index is 1090. The molecular formula is C47H83F2NO6. The maximum Gasteiger partial charge on any atom is 0.309 e. The highest BCUT2D eigenvalue weighted by Gasteiger charge is 2.64. The minimum atomic E-state index is -1.56. The third kappa shape index (κ3) is 15.8. The molecule has 4 rings (SSSR count). The van der Waals surface area contributed by atoms with Crippen LogP contribution in [-0.2, 0) is 28.6 Å². The second kappa shape index (κ2) is 23.7. The monoisotopic (exact) mass is 796 g/mol. The largest absolute Gasteiger partial charge is 0.465 e. The van der Waals surface area contributed by atoms with Crippen molar-refractivity contribution >= 4 is 17.9 Å². The van der Waals surface area contributed by atoms with Crippen LogP contribution in [0.1, 0.15) is 208 Å². The Kier molecular flexibility index (Phi) is 20.6. The Morgan fingerprint density at radius 1 is 0.536 bits per heavy atom. The molecule has 4 aliphatic carbocycles. The van der Waals surface area contributed by atoms with E-state index in [0.717, 1.165) is 142 Å². The fourth-order valence-electron chi connectivity index (χ4n) is 11.3. The molecule has 4 bridgehead atoms. The molecule has 56 heavy (non-hydrogen) atoms. The molecule has 0 aromatic rings. The number of carbonyl (C=O) groups is 3. The predicted octanol–water partition coefficient (Wildman–Crippen LogP) is 12.2. The van der Waals surface area contributed by atoms with E-state index >= 15 is 8.78 Å². The lowest BCUT2D eigenvalue weighted by Gasteiger charge is -2.66. The highest BCUT2D eigenvalue weighted by Crippen LogP contribution is 2.70. The Morgan fingerprint density at radius 3 is 1.20 bits per heavy atom. The van der Waals surface area contributed by atoms with Crippen LogP contribution in [0, 0.1) is 22.2 Å². The number of carbonyl (C=O) groups excluding carboxylic acids is 3. The Balaban J connectivity index is 1.76. The zero-order chi connectivity index (χ0) is 41.1. The Morgan fingerprint density at radius 2 is 0.875 bits per heavy atom. The first-order valence-electron chi connectivity index (χ1n) is 23.3. The number of rotatable bonds is 32. The molecule has 7 nitrogen and oxygen atoms in total. The molecule has 0 aromatic carbocycles. The van der Waals surface area contributed by atoms with Crippen LogP contribution in [0.5, 0.6) is 0 Å². The highest BCUT2D eigenvalue weighted by molar-refractivity contribution is 5.71. The van der Waals surface area contributed by atoms with Crippen molar-refractivity contribution in [3.63, 3.8) is 0 Å². The van der Waals surface area contributed by atoms with Gasteiger partial charge in [-0.2, -0.15) is 0 Å². The maximum absolute atomic E-state index is 16.3. The summed E-state index contributed by atoms with van der Waals surface area (Å²) in [5.41, 5.74) is -4.18. The first-order chi connectivity index (χ1) is 26.7. The zero-order valence-electron chi connectivity index (χ0n) is 36.9. The summed E-state index contributed by atoms with van der Waals surface area (Å²) in [6.07, 6.45) is 17.9. The minimum absolute atomic E-state index is 0.190. The van der Waals surface area contributed by atoms with Crippen molar-refractivity contribution in [3.05, 3.63) is 0 Å². The van der Waals surface area contributed by atoms with Gasteiger partial charge in [0.15, 0.2) is 0 Å². The van der Waals surface area contributed by atoms with Gasteiger partial charge in [0.05, 0.1) is 32.7 Å². The lowest BCUT2D eigenvalue weighted by molar-refractivity contribution is -0.213. The van der Waals surface area contributed by atoms with E-state index in [9.17, 15) is 14.4 Å². The number of halogens is 2. The van der Waals surface area contributed by atoms with E-state index in [1.165, 1.54) is 0 Å². The molecule has 4 aliphatic rings. The average molecular weight is 796 g/mol. The Labute approximate surface area is 340 Å². The SMILES string of the molecule is CCCCCC(F)(CCCCC)CC(=O)OCC12CC3CC(COC(=O)CCCN(CC)CC)(C1)CC(COC(=O)CC(F)(CCCCC)CCCCC)(C3)C2. The molecule has 0 heterocycles. The first-order valence-corrected chi connectivity index (χ1v) is 23.3. The molecule has 2 unspecified atom stereocenters. The number of nitrogens with zero attached hydrogens (tertiary/aromatic N) is 1. The van der Waals surface area contributed by atoms with Crippen LogP contribution in [-0.4, -0.2) is 73.6 Å². The van der Waals surface area contributed by atoms with Gasteiger partial charge in [0.1, 0.15) is 11.3 Å². The maximum atomic E-state index is 16.3. The minimum Gasteiger partial charge on any atom is -0.465 e. The summed E-state index contributed by atoms with van der Waals surface area (Å²) in [5.74, 6) is -0.840. The van der Waals surface area contributed by atoms with Gasteiger partial charge in [0.25, 0.3) is 0 Å². The topological polar surface area (TPSA) is 82.1 Å². The quantitative estimate of drug-likeness (QED) is 0.0381. The number of esters is 3. The molecule has 4 saturated carbocycles. The van der Waals surface area contributed by atoms with E-state index in [4.69, 9.17) is 14.2 Å². The van der Waals surface area contributed by atoms with Gasteiger partial charge in [-0.15, -0.1) is 0 Å². The van der Waals surface area contributed by atoms with Crippen molar-refractivity contribution < 1.29 is 37.4 Å². The fraction of sp³-hybridized carbons (Fsp3) is 0.936. The standard InChI is InChI=1S/C47H83F2NO6/c1-7-13-17-23-46(48,24-18-14-8-2)31-41(52)55-37-44-29-39-28-43(33-44,36-54-40(51)22-21-27-50(11-5)12-6)34-45(30-39,35-44)38-56-42(53)32-47(49,25-19-15-9-3)26-20-16-10-4/h39H,7-38H2,1-6H3. The van der Waals surface area contributed by atoms with E-state index in [1.54, 1.807) is 0 Å². The molecule has 0 aliphatic heterocycles. The van der Waals surface area contributed by atoms with E-state index in [2.05, 4.69) is 46.4 Å². The van der Waals surface area contributed by atoms with Crippen LogP contribution in [0.15, 0.2) is 0 Å². The first kappa shape index (κ1) is 48.6. The van der Waals surface area contributed by atoms with Gasteiger partial charge in [-0.3, -0.25) is 14.4 Å². The third-order valence-electron chi connectivity index (χ3n) is 13.6. The summed E-state index contributed by atoms with van der Waals surface area (Å²) in [4.78, 5) is 42.3. The van der Waals surface area contributed by atoms with Crippen LogP contribution >= 0.6 is 0 Å². The van der Waals surface area contributed by atoms with Crippen LogP contribution < -0.4 is 0 Å². The van der Waals surface area contributed by atoms with Crippen molar-refractivity contribution in [1.82, 2.24) is 4.90 Å². The Hall–Kier alpha value is -1.77. The summed E-state index contributed by atoms with van der Waals surface area (Å²) < 4.78 is 50.8. The highest BCUT2D eigenvalue weighted by atomic mass is 19.1. The van der Waals surface area contributed by atoms with Crippen molar-refractivity contribution in [3.8, 4) is 0 Å². The van der Waals surface area contributed by atoms with Gasteiger partial charge in [-0.25, -0.2) is 8.78 Å². The predicted molar refractivity (Wildman–Crippen MR) is 222 cm³/mol. The van der Waals surface area contributed by atoms with Crippen LogP contribution in [0.25, 0.3) is 0 Å². The van der Waals surface area contributed by atoms with Gasteiger partial charge < -0.3 is 19.1 Å². The van der Waals surface area contributed by atoms with Crippen LogP contribution in [0.3, 0.4) is 0 Å². The van der Waals surface area contributed by atoms with Gasteiger partial charge in [0.2, 0.25) is 0 Å². The lowest BCUT2D eigenvalue weighted by Crippen LogP contribution is -2.61. The number of ether oxygens (including phenoxy) is 3. The number of unbranched alkanes of at least 4 members (excludes halogenated alkanes) is 8. The van der Waals surface area contributed by atoms with Crippen LogP contribution in [0.2, 0.25) is 0 Å². The number of alkyl halides is 2. The summed E-state index contributed by atoms with van der Waals surface area (Å²) in [6, 6.07) is 0. The van der Waals surface area contributed by atoms with Crippen molar-refractivity contribution in [2.75, 3.05) is 39.5 Å². The smallest absolute Gasteiger partial charge is 0.309 e. The van der Waals surface area contributed by atoms with Gasteiger partial charge in [-0.1, -0.05) is 119 Å². The third-order valence-corrected chi connectivity index (χ3v) is 13.6. The average Bonchev–Trinajstić information content (AvgIpc) is 3.14. The molecule has 0 N–H and O–H groups in total. The number of hydrogen-bond donors (Lipinski definition) is 0. The second-order valence-corrected chi connectivity index (χ2v) is 19.1. The summed E-state index contributed by atoms with van der Waals surface area (Å²) in [7, 11) is 0. The van der Waals surface area contributed by atoms with Crippen molar-refractivity contribution in [1.29, 1.82) is 0 Å². The summed E-state index contributed by atoms with van der Waals surface area (Å²) >= 11 is 0. The van der Waals surface area contributed by atoms with Crippen molar-refractivity contribution in [2.45, 2.75) is 220 Å². The molecule has 9 heteroatoms. The molecule has 326 valence electrons. The zero-order valence-corrected chi connectivity index (χ0v) is 36.9. The fourth-order valence-corrected chi connectivity index (χ4v) is 11.3. The van der Waals surface area contributed by atoms with Gasteiger partial charge in [-0.05, 0) is 96.2 Å². The molecule has 0 spiro atoms. The molecule has 0 radical (unpaired) electrons. The summed E-state index contributed by atoms with van der Waals surface area (Å²) in [6.45, 7) is 16.1. The normalized spacial score (nSPS) is 24.5. The van der Waals surface area contributed by atoms with E-state index in [1.807, 2.05) is 0 Å². The van der Waals surface area contributed by atoms with Gasteiger partial charge >= 0.3 is 17.9 Å². The van der Waals surface area contributed by atoms with E-state index in [-0.39, 0.29) is 48.3 Å². The molecule has 0 amide bonds. The van der Waals surface area contributed by atoms with Crippen LogP contribution in [0.4, 0.5) is 8.78 Å². The van der Waals surface area contributed by atoms with E-state index < -0.39 is 23.3 Å². The molecule has 4 fully saturated rings. The van der Waals surface area contributed by atoms with E-state index in [0.29, 0.717) is 44.6 Å². The summed E-state index contributed by atoms with van der Waals surface area (Å²) in [5, 5.41) is 0. The second-order valence-electron chi connectivity index (χ2n) is 19.1.